The fourth-order valence-electron chi connectivity index (χ4n) is 2.06. The van der Waals surface area contributed by atoms with Crippen molar-refractivity contribution < 1.29 is 18.3 Å². The lowest BCUT2D eigenvalue weighted by atomic mass is 10.2. The van der Waals surface area contributed by atoms with Gasteiger partial charge >= 0.3 is 5.97 Å². The summed E-state index contributed by atoms with van der Waals surface area (Å²) in [5.74, 6) is -1.24. The van der Waals surface area contributed by atoms with Gasteiger partial charge in [0.15, 0.2) is 0 Å². The number of sulfonamides is 1. The van der Waals surface area contributed by atoms with Gasteiger partial charge in [0.25, 0.3) is 0 Å². The van der Waals surface area contributed by atoms with Gasteiger partial charge in [0, 0.05) is 31.9 Å². The van der Waals surface area contributed by atoms with E-state index in [1.165, 1.54) is 16.4 Å². The van der Waals surface area contributed by atoms with Crippen LogP contribution in [0.3, 0.4) is 0 Å². The van der Waals surface area contributed by atoms with Crippen LogP contribution in [0.25, 0.3) is 0 Å². The molecule has 1 fully saturated rings. The molecule has 0 bridgehead atoms. The molecule has 0 unspecified atom stereocenters. The Kier molecular flexibility index (Phi) is 3.98. The minimum absolute atomic E-state index is 0.0337. The fraction of sp³-hybridized carbons (Fsp3) is 0.417. The van der Waals surface area contributed by atoms with E-state index in [-0.39, 0.29) is 16.1 Å². The minimum Gasteiger partial charge on any atom is -0.478 e. The van der Waals surface area contributed by atoms with E-state index in [0.29, 0.717) is 26.2 Å². The van der Waals surface area contributed by atoms with Crippen LogP contribution in [0.15, 0.2) is 23.1 Å². The summed E-state index contributed by atoms with van der Waals surface area (Å²) in [6, 6.07) is 3.77. The lowest BCUT2D eigenvalue weighted by Crippen LogP contribution is -2.47. The first-order valence-corrected chi connectivity index (χ1v) is 7.58. The Hall–Kier alpha value is -1.64. The van der Waals surface area contributed by atoms with Crippen LogP contribution in [0.4, 0.5) is 5.69 Å². The van der Waals surface area contributed by atoms with Gasteiger partial charge in [-0.1, -0.05) is 0 Å². The van der Waals surface area contributed by atoms with Crippen LogP contribution in [0, 0.1) is 0 Å². The highest BCUT2D eigenvalue weighted by molar-refractivity contribution is 7.89. The number of carboxylic acid groups (broad SMARTS) is 1. The first kappa shape index (κ1) is 14.8. The second kappa shape index (κ2) is 5.39. The zero-order valence-corrected chi connectivity index (χ0v) is 11.9. The molecule has 0 aromatic heterocycles. The van der Waals surface area contributed by atoms with Crippen LogP contribution in [-0.2, 0) is 10.0 Å². The quantitative estimate of drug-likeness (QED) is 0.756. The molecule has 1 aromatic carbocycles. The normalized spacial score (nSPS) is 18.1. The summed E-state index contributed by atoms with van der Waals surface area (Å²) in [7, 11) is -1.74. The molecule has 0 aliphatic carbocycles. The SMILES string of the molecule is CN1CCN(S(=O)(=O)c2ccc(N)c(C(=O)O)c2)CC1. The summed E-state index contributed by atoms with van der Waals surface area (Å²) in [6.45, 7) is 2.09. The average molecular weight is 299 g/mol. The number of nitrogens with zero attached hydrogens (tertiary/aromatic N) is 2. The van der Waals surface area contributed by atoms with Crippen molar-refractivity contribution in [3.63, 3.8) is 0 Å². The van der Waals surface area contributed by atoms with Crippen molar-refractivity contribution in [3.05, 3.63) is 23.8 Å². The number of likely N-dealkylation sites (N-methyl/N-ethyl adjacent to an activating group) is 1. The third kappa shape index (κ3) is 2.77. The molecule has 0 atom stereocenters. The van der Waals surface area contributed by atoms with Crippen molar-refractivity contribution in [2.45, 2.75) is 4.90 Å². The maximum Gasteiger partial charge on any atom is 0.337 e. The van der Waals surface area contributed by atoms with Gasteiger partial charge in [0.05, 0.1) is 10.5 Å². The van der Waals surface area contributed by atoms with Gasteiger partial charge in [-0.05, 0) is 25.2 Å². The molecular formula is C12H17N3O4S. The molecule has 1 aromatic rings. The monoisotopic (exact) mass is 299 g/mol. The molecule has 8 heteroatoms. The lowest BCUT2D eigenvalue weighted by molar-refractivity contribution is 0.0698. The molecule has 2 rings (SSSR count). The number of piperazine rings is 1. The molecule has 0 saturated carbocycles. The summed E-state index contributed by atoms with van der Waals surface area (Å²) in [5, 5.41) is 9.01. The highest BCUT2D eigenvalue weighted by Gasteiger charge is 2.28. The van der Waals surface area contributed by atoms with Crippen LogP contribution in [0.1, 0.15) is 10.4 Å². The van der Waals surface area contributed by atoms with E-state index in [4.69, 9.17) is 10.8 Å². The van der Waals surface area contributed by atoms with Crippen molar-refractivity contribution in [1.82, 2.24) is 9.21 Å². The first-order chi connectivity index (χ1) is 9.32. The average Bonchev–Trinajstić information content (AvgIpc) is 2.39. The van der Waals surface area contributed by atoms with Crippen molar-refractivity contribution in [1.29, 1.82) is 0 Å². The van der Waals surface area contributed by atoms with Gasteiger partial charge in [-0.25, -0.2) is 13.2 Å². The summed E-state index contributed by atoms with van der Waals surface area (Å²) in [4.78, 5) is 13.0. The van der Waals surface area contributed by atoms with E-state index >= 15 is 0 Å². The van der Waals surface area contributed by atoms with Crippen molar-refractivity contribution in [2.75, 3.05) is 39.0 Å². The van der Waals surface area contributed by atoms with Crippen LogP contribution in [0.2, 0.25) is 0 Å². The number of nitrogen functional groups attached to an aromatic ring is 1. The number of carboxylic acids is 1. The number of nitrogens with two attached hydrogens (primary N) is 1. The molecule has 3 N–H and O–H groups in total. The van der Waals surface area contributed by atoms with Gasteiger partial charge in [-0.2, -0.15) is 4.31 Å². The van der Waals surface area contributed by atoms with E-state index in [1.807, 2.05) is 11.9 Å². The van der Waals surface area contributed by atoms with Gasteiger partial charge in [-0.15, -0.1) is 0 Å². The van der Waals surface area contributed by atoms with Crippen molar-refractivity contribution >= 4 is 21.7 Å². The topological polar surface area (TPSA) is 104 Å². The molecular weight excluding hydrogens is 282 g/mol. The number of aromatic carboxylic acids is 1. The maximum atomic E-state index is 12.5. The Morgan fingerprint density at radius 1 is 1.25 bits per heavy atom. The van der Waals surface area contributed by atoms with Crippen LogP contribution in [-0.4, -0.2) is 61.9 Å². The van der Waals surface area contributed by atoms with Gasteiger partial charge in [0.2, 0.25) is 10.0 Å². The number of hydrogen-bond acceptors (Lipinski definition) is 5. The minimum atomic E-state index is -3.67. The van der Waals surface area contributed by atoms with Gasteiger partial charge < -0.3 is 15.7 Å². The largest absolute Gasteiger partial charge is 0.478 e. The molecule has 7 nitrogen and oxygen atoms in total. The number of hydrogen-bond donors (Lipinski definition) is 2. The fourth-order valence-corrected chi connectivity index (χ4v) is 3.51. The number of anilines is 1. The molecule has 0 spiro atoms. The third-order valence-electron chi connectivity index (χ3n) is 3.36. The van der Waals surface area contributed by atoms with E-state index in [2.05, 4.69) is 0 Å². The molecule has 1 aliphatic heterocycles. The summed E-state index contributed by atoms with van der Waals surface area (Å²) >= 11 is 0. The Morgan fingerprint density at radius 2 is 1.85 bits per heavy atom. The Bertz CT molecular complexity index is 622. The summed E-state index contributed by atoms with van der Waals surface area (Å²) < 4.78 is 26.3. The number of carbonyl (C=O) groups is 1. The molecule has 110 valence electrons. The molecule has 1 heterocycles. The Labute approximate surface area is 117 Å². The van der Waals surface area contributed by atoms with Crippen molar-refractivity contribution in [3.8, 4) is 0 Å². The highest BCUT2D eigenvalue weighted by Crippen LogP contribution is 2.22. The third-order valence-corrected chi connectivity index (χ3v) is 5.25. The molecule has 1 saturated heterocycles. The van der Waals surface area contributed by atoms with E-state index in [1.54, 1.807) is 0 Å². The smallest absolute Gasteiger partial charge is 0.337 e. The Balaban J connectivity index is 2.35. The van der Waals surface area contributed by atoms with Crippen LogP contribution in [0.5, 0.6) is 0 Å². The predicted octanol–water partition coefficient (Wildman–Crippen LogP) is -0.0969. The second-order valence-electron chi connectivity index (χ2n) is 4.76. The maximum absolute atomic E-state index is 12.5. The van der Waals surface area contributed by atoms with E-state index in [9.17, 15) is 13.2 Å². The predicted molar refractivity (Wildman–Crippen MR) is 74.1 cm³/mol. The molecule has 0 amide bonds. The molecule has 20 heavy (non-hydrogen) atoms. The van der Waals surface area contributed by atoms with Gasteiger partial charge in [-0.3, -0.25) is 0 Å². The molecule has 0 radical (unpaired) electrons. The second-order valence-corrected chi connectivity index (χ2v) is 6.70. The standard InChI is InChI=1S/C12H17N3O4S/c1-14-4-6-15(7-5-14)20(18,19)9-2-3-11(13)10(8-9)12(16)17/h2-3,8H,4-7,13H2,1H3,(H,16,17). The zero-order chi connectivity index (χ0) is 14.9. The molecule has 1 aliphatic rings. The van der Waals surface area contributed by atoms with Gasteiger partial charge in [0.1, 0.15) is 0 Å². The van der Waals surface area contributed by atoms with E-state index < -0.39 is 16.0 Å². The Morgan fingerprint density at radius 3 is 2.40 bits per heavy atom. The summed E-state index contributed by atoms with van der Waals surface area (Å²) in [5.41, 5.74) is 5.39. The first-order valence-electron chi connectivity index (χ1n) is 6.14. The van der Waals surface area contributed by atoms with Crippen LogP contribution < -0.4 is 5.73 Å². The lowest BCUT2D eigenvalue weighted by Gasteiger charge is -2.31. The van der Waals surface area contributed by atoms with E-state index in [0.717, 1.165) is 6.07 Å². The van der Waals surface area contributed by atoms with Crippen molar-refractivity contribution in [2.24, 2.45) is 0 Å². The highest BCUT2D eigenvalue weighted by atomic mass is 32.2. The number of benzene rings is 1. The van der Waals surface area contributed by atoms with Crippen LogP contribution >= 0.6 is 0 Å². The summed E-state index contributed by atoms with van der Waals surface area (Å²) in [6.07, 6.45) is 0. The zero-order valence-electron chi connectivity index (χ0n) is 11.1. The number of rotatable bonds is 3.